The number of alkyl halides is 3. The molecule has 1 saturated heterocycles. The van der Waals surface area contributed by atoms with Crippen LogP contribution in [-0.2, 0) is 10.9 Å². The highest BCUT2D eigenvalue weighted by atomic mass is 19.4. The zero-order valence-electron chi connectivity index (χ0n) is 19.6. The summed E-state index contributed by atoms with van der Waals surface area (Å²) in [4.78, 5) is 12.3. The van der Waals surface area contributed by atoms with Gasteiger partial charge in [0.15, 0.2) is 17.9 Å². The molecule has 2 N–H and O–H groups in total. The van der Waals surface area contributed by atoms with E-state index in [9.17, 15) is 17.6 Å². The maximum absolute atomic E-state index is 13.7. The van der Waals surface area contributed by atoms with E-state index in [4.69, 9.17) is 9.47 Å². The van der Waals surface area contributed by atoms with Gasteiger partial charge in [-0.3, -0.25) is 5.32 Å². The lowest BCUT2D eigenvalue weighted by Gasteiger charge is -2.39. The third-order valence-corrected chi connectivity index (χ3v) is 6.43. The predicted octanol–water partition coefficient (Wildman–Crippen LogP) is 3.47. The number of pyridine rings is 1. The lowest BCUT2D eigenvalue weighted by atomic mass is 10.0. The largest absolute Gasteiger partial charge is 0.486 e. The van der Waals surface area contributed by atoms with Gasteiger partial charge in [0, 0.05) is 37.1 Å². The molecule has 1 atom stereocenters. The number of nitrogens with one attached hydrogen (secondary N) is 2. The molecule has 1 fully saturated rings. The van der Waals surface area contributed by atoms with Gasteiger partial charge in [0.25, 0.3) is 0 Å². The fourth-order valence-electron chi connectivity index (χ4n) is 4.65. The smallest absolute Gasteiger partial charge is 0.418 e. The van der Waals surface area contributed by atoms with E-state index < -0.39 is 23.8 Å². The van der Waals surface area contributed by atoms with E-state index in [0.717, 1.165) is 43.8 Å². The van der Waals surface area contributed by atoms with Gasteiger partial charge in [-0.1, -0.05) is 0 Å². The average Bonchev–Trinajstić information content (AvgIpc) is 2.88. The third kappa shape index (κ3) is 5.03. The number of rotatable bonds is 5. The lowest BCUT2D eigenvalue weighted by Crippen LogP contribution is -2.54. The van der Waals surface area contributed by atoms with Crippen molar-refractivity contribution in [3.8, 4) is 5.88 Å². The number of halogens is 4. The van der Waals surface area contributed by atoms with Crippen LogP contribution >= 0.6 is 0 Å². The van der Waals surface area contributed by atoms with E-state index in [1.165, 1.54) is 11.1 Å². The molecule has 36 heavy (non-hydrogen) atoms. The number of ether oxygens (including phenoxy) is 2. The minimum absolute atomic E-state index is 0.137. The molecule has 0 spiro atoms. The topological polar surface area (TPSA) is 74.2 Å². The van der Waals surface area contributed by atoms with Gasteiger partial charge < -0.3 is 24.6 Å². The summed E-state index contributed by atoms with van der Waals surface area (Å²) >= 11 is 0. The Morgan fingerprint density at radius 2 is 1.94 bits per heavy atom. The van der Waals surface area contributed by atoms with Crippen molar-refractivity contribution in [1.82, 2.24) is 15.6 Å². The number of aromatic nitrogens is 1. The van der Waals surface area contributed by atoms with Crippen LogP contribution in [0.3, 0.4) is 0 Å². The Hall–Kier alpha value is -3.54. The average molecular weight is 507 g/mol. The van der Waals surface area contributed by atoms with Crippen LogP contribution in [-0.4, -0.2) is 56.9 Å². The number of hydrogen-bond donors (Lipinski definition) is 2. The highest BCUT2D eigenvalue weighted by Gasteiger charge is 2.38. The van der Waals surface area contributed by atoms with E-state index in [2.05, 4.69) is 25.5 Å². The van der Waals surface area contributed by atoms with Crippen LogP contribution in [0.5, 0.6) is 5.88 Å². The quantitative estimate of drug-likeness (QED) is 0.602. The van der Waals surface area contributed by atoms with Gasteiger partial charge >= 0.3 is 6.18 Å². The van der Waals surface area contributed by atoms with Crippen LogP contribution in [0.15, 0.2) is 53.1 Å². The van der Waals surface area contributed by atoms with Crippen LogP contribution in [0.1, 0.15) is 18.4 Å². The number of aliphatic imine (C=N–C) groups is 1. The molecule has 0 saturated carbocycles. The molecule has 3 aliphatic rings. The second kappa shape index (κ2) is 9.84. The highest BCUT2D eigenvalue weighted by Crippen LogP contribution is 2.39. The number of anilines is 2. The summed E-state index contributed by atoms with van der Waals surface area (Å²) in [6.45, 7) is 1.98. The van der Waals surface area contributed by atoms with Crippen LogP contribution in [0, 0.1) is 5.82 Å². The van der Waals surface area contributed by atoms with Gasteiger partial charge in [0.05, 0.1) is 31.1 Å². The zero-order chi connectivity index (χ0) is 25.3. The Labute approximate surface area is 205 Å². The SMILES string of the molecule is COc1cc(N2CCC(NC3N=CC4=C(N3)N(c3ccc(F)cc3C(F)(F)F)CCO4)CC2)ccn1. The molecule has 0 amide bonds. The van der Waals surface area contributed by atoms with Crippen molar-refractivity contribution in [1.29, 1.82) is 0 Å². The molecular formula is C24H26F4N6O2. The monoisotopic (exact) mass is 506 g/mol. The number of nitrogens with zero attached hydrogens (tertiary/aromatic N) is 4. The molecule has 192 valence electrons. The summed E-state index contributed by atoms with van der Waals surface area (Å²) < 4.78 is 65.5. The first kappa shape index (κ1) is 24.2. The molecule has 1 aromatic carbocycles. The van der Waals surface area contributed by atoms with Crippen molar-refractivity contribution in [2.45, 2.75) is 31.3 Å². The zero-order valence-corrected chi connectivity index (χ0v) is 19.6. The van der Waals surface area contributed by atoms with E-state index in [1.54, 1.807) is 13.3 Å². The van der Waals surface area contributed by atoms with Gasteiger partial charge in [-0.25, -0.2) is 14.4 Å². The standard InChI is InChI=1S/C24H26F4N6O2/c1-35-21-13-17(4-7-29-21)33-8-5-16(6-9-33)31-23-30-14-20-22(32-23)34(10-11-36-20)19-3-2-15(25)12-18(19)24(26,27)28/h2-4,7,12-14,16,23,31-32H,5-6,8-11H2,1H3. The first-order chi connectivity index (χ1) is 17.3. The van der Waals surface area contributed by atoms with Crippen LogP contribution in [0.2, 0.25) is 0 Å². The number of methoxy groups -OCH3 is 1. The number of allylic oxidation sites excluding steroid dienone is 1. The van der Waals surface area contributed by atoms with Gasteiger partial charge in [0.1, 0.15) is 12.4 Å². The molecule has 0 bridgehead atoms. The summed E-state index contributed by atoms with van der Waals surface area (Å²) in [6.07, 6.45) is -0.316. The Kier molecular flexibility index (Phi) is 6.61. The maximum atomic E-state index is 13.7. The summed E-state index contributed by atoms with van der Waals surface area (Å²) in [5.41, 5.74) is -0.133. The maximum Gasteiger partial charge on any atom is 0.418 e. The molecule has 4 heterocycles. The predicted molar refractivity (Wildman–Crippen MR) is 126 cm³/mol. The van der Waals surface area contributed by atoms with E-state index in [-0.39, 0.29) is 24.9 Å². The van der Waals surface area contributed by atoms with Crippen molar-refractivity contribution in [2.24, 2.45) is 4.99 Å². The summed E-state index contributed by atoms with van der Waals surface area (Å²) in [5.74, 6) is 0.333. The first-order valence-corrected chi connectivity index (χ1v) is 11.6. The molecule has 8 nitrogen and oxygen atoms in total. The fourth-order valence-corrected chi connectivity index (χ4v) is 4.65. The second-order valence-corrected chi connectivity index (χ2v) is 8.68. The number of benzene rings is 1. The molecule has 3 aliphatic heterocycles. The Morgan fingerprint density at radius 3 is 2.69 bits per heavy atom. The van der Waals surface area contributed by atoms with Crippen LogP contribution in [0.25, 0.3) is 0 Å². The van der Waals surface area contributed by atoms with Crippen molar-refractivity contribution < 1.29 is 27.0 Å². The van der Waals surface area contributed by atoms with Gasteiger partial charge in [-0.2, -0.15) is 13.2 Å². The van der Waals surface area contributed by atoms with E-state index in [1.807, 2.05) is 12.1 Å². The van der Waals surface area contributed by atoms with E-state index in [0.29, 0.717) is 23.5 Å². The van der Waals surface area contributed by atoms with Gasteiger partial charge in [-0.15, -0.1) is 0 Å². The van der Waals surface area contributed by atoms with Crippen molar-refractivity contribution in [3.63, 3.8) is 0 Å². The summed E-state index contributed by atoms with van der Waals surface area (Å²) in [7, 11) is 1.58. The minimum Gasteiger partial charge on any atom is -0.486 e. The molecule has 0 radical (unpaired) electrons. The van der Waals surface area contributed by atoms with Gasteiger partial charge in [0.2, 0.25) is 5.88 Å². The molecule has 2 aromatic rings. The van der Waals surface area contributed by atoms with Gasteiger partial charge in [-0.05, 0) is 37.1 Å². The fraction of sp³-hybridized carbons (Fsp3) is 0.417. The first-order valence-electron chi connectivity index (χ1n) is 11.6. The molecule has 12 heteroatoms. The van der Waals surface area contributed by atoms with Crippen molar-refractivity contribution in [2.75, 3.05) is 43.2 Å². The summed E-state index contributed by atoms with van der Waals surface area (Å²) in [6, 6.07) is 6.68. The second-order valence-electron chi connectivity index (χ2n) is 8.68. The molecule has 1 unspecified atom stereocenters. The Bertz CT molecular complexity index is 1160. The summed E-state index contributed by atoms with van der Waals surface area (Å²) in [5, 5.41) is 6.61. The Morgan fingerprint density at radius 1 is 1.14 bits per heavy atom. The Balaban J connectivity index is 1.26. The normalized spacial score (nSPS) is 20.6. The van der Waals surface area contributed by atoms with Crippen molar-refractivity contribution >= 4 is 17.6 Å². The molecule has 1 aromatic heterocycles. The van der Waals surface area contributed by atoms with Crippen LogP contribution in [0.4, 0.5) is 28.9 Å². The van der Waals surface area contributed by atoms with Crippen LogP contribution < -0.4 is 25.2 Å². The molecule has 5 rings (SSSR count). The minimum atomic E-state index is -4.70. The highest BCUT2D eigenvalue weighted by molar-refractivity contribution is 5.80. The molecular weight excluding hydrogens is 480 g/mol. The third-order valence-electron chi connectivity index (χ3n) is 6.43. The number of piperidine rings is 1. The van der Waals surface area contributed by atoms with E-state index >= 15 is 0 Å². The van der Waals surface area contributed by atoms with Crippen molar-refractivity contribution in [3.05, 3.63) is 59.5 Å². The molecule has 0 aliphatic carbocycles. The lowest BCUT2D eigenvalue weighted by molar-refractivity contribution is -0.137. The number of hydrogen-bond acceptors (Lipinski definition) is 8.